The lowest BCUT2D eigenvalue weighted by Gasteiger charge is -2.40. The molecule has 0 radical (unpaired) electrons. The Labute approximate surface area is 215 Å². The third-order valence-electron chi connectivity index (χ3n) is 6.49. The van der Waals surface area contributed by atoms with E-state index in [-0.39, 0.29) is 24.3 Å². The van der Waals surface area contributed by atoms with Gasteiger partial charge in [-0.3, -0.25) is 9.89 Å². The minimum Gasteiger partial charge on any atom is -0.317 e. The number of allylic oxidation sites excluding steroid dienone is 3. The first kappa shape index (κ1) is 28.1. The van der Waals surface area contributed by atoms with Gasteiger partial charge in [0.25, 0.3) is 0 Å². The summed E-state index contributed by atoms with van der Waals surface area (Å²) >= 11 is 0. The number of nitrogens with zero attached hydrogens (tertiary/aromatic N) is 3. The lowest BCUT2D eigenvalue weighted by atomic mass is 10.00. The molecule has 1 saturated heterocycles. The molecule has 3 rings (SSSR count). The van der Waals surface area contributed by atoms with Gasteiger partial charge in [0.2, 0.25) is 0 Å². The molecule has 9 heteroatoms. The summed E-state index contributed by atoms with van der Waals surface area (Å²) in [5, 5.41) is 2.49. The van der Waals surface area contributed by atoms with Crippen LogP contribution in [0.15, 0.2) is 77.4 Å². The minimum atomic E-state index is -4.73. The largest absolute Gasteiger partial charge is 0.416 e. The van der Waals surface area contributed by atoms with E-state index >= 15 is 0 Å². The van der Waals surface area contributed by atoms with Crippen LogP contribution in [0.2, 0.25) is 0 Å². The van der Waals surface area contributed by atoms with Crippen LogP contribution in [-0.4, -0.2) is 47.7 Å². The number of anilines is 1. The second-order valence-electron chi connectivity index (χ2n) is 8.99. The number of alkyl halides is 3. The molecular formula is C28H32F4N4O. The average molecular weight is 517 g/mol. The van der Waals surface area contributed by atoms with E-state index < -0.39 is 23.6 Å². The zero-order chi connectivity index (χ0) is 27.0. The van der Waals surface area contributed by atoms with E-state index in [0.717, 1.165) is 23.4 Å². The molecule has 1 atom stereocenters. The molecule has 1 heterocycles. The second-order valence-corrected chi connectivity index (χ2v) is 8.99. The number of likely N-dealkylation sites (tertiary alicyclic amines) is 1. The Balaban J connectivity index is 1.78. The van der Waals surface area contributed by atoms with Crippen LogP contribution >= 0.6 is 0 Å². The van der Waals surface area contributed by atoms with E-state index in [4.69, 9.17) is 0 Å². The molecular weight excluding hydrogens is 484 g/mol. The van der Waals surface area contributed by atoms with Gasteiger partial charge in [0, 0.05) is 37.4 Å². The summed E-state index contributed by atoms with van der Waals surface area (Å²) in [6.07, 6.45) is 2.35. The van der Waals surface area contributed by atoms with Crippen LogP contribution in [-0.2, 0) is 12.7 Å². The molecule has 1 fully saturated rings. The van der Waals surface area contributed by atoms with Gasteiger partial charge in [-0.1, -0.05) is 42.5 Å². The third-order valence-corrected chi connectivity index (χ3v) is 6.49. The van der Waals surface area contributed by atoms with Crippen molar-refractivity contribution in [1.29, 1.82) is 0 Å². The number of piperidine rings is 1. The fraction of sp³-hybridized carbons (Fsp3) is 0.357. The van der Waals surface area contributed by atoms with Crippen LogP contribution in [0.5, 0.6) is 0 Å². The van der Waals surface area contributed by atoms with Crippen LogP contribution in [0.25, 0.3) is 0 Å². The molecule has 37 heavy (non-hydrogen) atoms. The summed E-state index contributed by atoms with van der Waals surface area (Å²) in [6.45, 7) is 9.33. The summed E-state index contributed by atoms with van der Waals surface area (Å²) < 4.78 is 53.4. The van der Waals surface area contributed by atoms with Gasteiger partial charge in [0.05, 0.1) is 11.3 Å². The number of halogens is 4. The predicted octanol–water partition coefficient (Wildman–Crippen LogP) is 6.89. The van der Waals surface area contributed by atoms with Crippen LogP contribution < -0.4 is 5.32 Å². The Morgan fingerprint density at radius 2 is 1.89 bits per heavy atom. The molecule has 2 aromatic carbocycles. The first-order valence-electron chi connectivity index (χ1n) is 12.2. The maximum Gasteiger partial charge on any atom is 0.416 e. The molecule has 1 aliphatic rings. The molecule has 0 aliphatic carbocycles. The molecule has 198 valence electrons. The number of rotatable bonds is 8. The van der Waals surface area contributed by atoms with Crippen LogP contribution in [0.3, 0.4) is 0 Å². The molecule has 2 amide bonds. The fourth-order valence-electron chi connectivity index (χ4n) is 4.46. The summed E-state index contributed by atoms with van der Waals surface area (Å²) in [4.78, 5) is 21.4. The van der Waals surface area contributed by atoms with E-state index in [0.29, 0.717) is 32.0 Å². The highest BCUT2D eigenvalue weighted by atomic mass is 19.4. The number of aliphatic imine (C=N–C) groups is 1. The highest BCUT2D eigenvalue weighted by Crippen LogP contribution is 2.32. The molecule has 0 bridgehead atoms. The standard InChI is InChI=1S/C28H32F4N4O/c1-4-5-11-26(33-3)20(2)35-14-12-25(13-15-35)36(19-21-9-7-6-8-10-21)27(37)34-24-17-22(28(30,31)32)16-23(29)18-24/h4-11,16-18,20,25H,3,12-15,19H2,1-2H3,(H,34,37)/b5-4-,26-11-. The van der Waals surface area contributed by atoms with Crippen LogP contribution in [0.1, 0.15) is 37.8 Å². The van der Waals surface area contributed by atoms with Gasteiger partial charge in [-0.2, -0.15) is 13.2 Å². The quantitative estimate of drug-likeness (QED) is 0.236. The van der Waals surface area contributed by atoms with Crippen molar-refractivity contribution >= 4 is 18.4 Å². The Kier molecular flexibility index (Phi) is 9.63. The second kappa shape index (κ2) is 12.7. The van der Waals surface area contributed by atoms with E-state index in [2.05, 4.69) is 28.9 Å². The van der Waals surface area contributed by atoms with E-state index in [9.17, 15) is 22.4 Å². The van der Waals surface area contributed by atoms with E-state index in [1.165, 1.54) is 0 Å². The Morgan fingerprint density at radius 3 is 2.49 bits per heavy atom. The topological polar surface area (TPSA) is 47.9 Å². The normalized spacial score (nSPS) is 16.5. The number of carbonyl (C=O) groups is 1. The Hall–Kier alpha value is -3.46. The Bertz CT molecular complexity index is 1120. The smallest absolute Gasteiger partial charge is 0.317 e. The third kappa shape index (κ3) is 7.76. The lowest BCUT2D eigenvalue weighted by molar-refractivity contribution is -0.137. The Morgan fingerprint density at radius 1 is 1.22 bits per heavy atom. The minimum absolute atomic E-state index is 0.0409. The van der Waals surface area contributed by atoms with Crippen molar-refractivity contribution in [2.45, 2.75) is 51.5 Å². The van der Waals surface area contributed by atoms with Crippen molar-refractivity contribution in [1.82, 2.24) is 9.80 Å². The van der Waals surface area contributed by atoms with Gasteiger partial charge in [-0.25, -0.2) is 9.18 Å². The van der Waals surface area contributed by atoms with Crippen molar-refractivity contribution in [2.24, 2.45) is 4.99 Å². The van der Waals surface area contributed by atoms with Crippen molar-refractivity contribution < 1.29 is 22.4 Å². The van der Waals surface area contributed by atoms with Crippen LogP contribution in [0, 0.1) is 5.82 Å². The molecule has 0 aromatic heterocycles. The van der Waals surface area contributed by atoms with Gasteiger partial charge in [0.1, 0.15) is 5.82 Å². The summed E-state index contributed by atoms with van der Waals surface area (Å²) in [5.74, 6) is -1.07. The van der Waals surface area contributed by atoms with Crippen LogP contribution in [0.4, 0.5) is 28.0 Å². The van der Waals surface area contributed by atoms with Gasteiger partial charge in [-0.15, -0.1) is 0 Å². The first-order valence-corrected chi connectivity index (χ1v) is 12.2. The summed E-state index contributed by atoms with van der Waals surface area (Å²) in [5.41, 5.74) is 0.340. The van der Waals surface area contributed by atoms with E-state index in [1.54, 1.807) is 4.90 Å². The summed E-state index contributed by atoms with van der Waals surface area (Å²) in [6, 6.07) is 10.7. The monoisotopic (exact) mass is 516 g/mol. The highest BCUT2D eigenvalue weighted by Gasteiger charge is 2.33. The number of amides is 2. The summed E-state index contributed by atoms with van der Waals surface area (Å²) in [7, 11) is 0. The van der Waals surface area contributed by atoms with Gasteiger partial charge in [0.15, 0.2) is 0 Å². The van der Waals surface area contributed by atoms with Crippen molar-refractivity contribution in [3.05, 3.63) is 89.4 Å². The molecule has 0 saturated carbocycles. The van der Waals surface area contributed by atoms with Gasteiger partial charge < -0.3 is 10.2 Å². The predicted molar refractivity (Wildman–Crippen MR) is 139 cm³/mol. The lowest BCUT2D eigenvalue weighted by Crippen LogP contribution is -2.50. The molecule has 1 N–H and O–H groups in total. The first-order chi connectivity index (χ1) is 17.6. The fourth-order valence-corrected chi connectivity index (χ4v) is 4.46. The SMILES string of the molecule is C=N/C(=C\C=C/C)C(C)N1CCC(N(Cc2ccccc2)C(=O)Nc2cc(F)cc(C(F)(F)F)c2)CC1. The number of hydrogen-bond acceptors (Lipinski definition) is 3. The number of hydrogen-bond donors (Lipinski definition) is 1. The number of carbonyl (C=O) groups excluding carboxylic acids is 1. The van der Waals surface area contributed by atoms with Gasteiger partial charge >= 0.3 is 12.2 Å². The number of nitrogens with one attached hydrogen (secondary N) is 1. The van der Waals surface area contributed by atoms with Crippen molar-refractivity contribution in [2.75, 3.05) is 18.4 Å². The molecule has 0 spiro atoms. The van der Waals surface area contributed by atoms with Crippen molar-refractivity contribution in [3.8, 4) is 0 Å². The van der Waals surface area contributed by atoms with Crippen molar-refractivity contribution in [3.63, 3.8) is 0 Å². The molecule has 5 nitrogen and oxygen atoms in total. The number of benzene rings is 2. The molecule has 2 aromatic rings. The van der Waals surface area contributed by atoms with Gasteiger partial charge in [-0.05, 0) is 63.2 Å². The molecule has 1 aliphatic heterocycles. The maximum atomic E-state index is 13.9. The maximum absolute atomic E-state index is 13.9. The zero-order valence-corrected chi connectivity index (χ0v) is 21.0. The van der Waals surface area contributed by atoms with E-state index in [1.807, 2.05) is 55.5 Å². The molecule has 1 unspecified atom stereocenters. The highest BCUT2D eigenvalue weighted by molar-refractivity contribution is 5.89. The number of urea groups is 1. The average Bonchev–Trinajstić information content (AvgIpc) is 2.87. The zero-order valence-electron chi connectivity index (χ0n) is 21.0.